The molecule has 180 valence electrons. The van der Waals surface area contributed by atoms with E-state index in [4.69, 9.17) is 18.9 Å². The molecule has 3 heterocycles. The summed E-state index contributed by atoms with van der Waals surface area (Å²) in [4.78, 5) is 20.8. The SMILES string of the molecule is COc1ccc(CNc2ncnc3c2c(Br)cn3[C@@H]2C[C@H](C=O)[C@H]3OC(C)(C)O[C@H]32)c(OC)c1. The van der Waals surface area contributed by atoms with Crippen LogP contribution in [0.5, 0.6) is 11.5 Å². The van der Waals surface area contributed by atoms with Crippen LogP contribution in [-0.2, 0) is 20.8 Å². The number of hydrogen-bond donors (Lipinski definition) is 1. The minimum atomic E-state index is -0.728. The van der Waals surface area contributed by atoms with E-state index in [2.05, 4.69) is 35.8 Å². The second kappa shape index (κ2) is 8.83. The highest BCUT2D eigenvalue weighted by molar-refractivity contribution is 9.10. The zero-order valence-electron chi connectivity index (χ0n) is 19.4. The minimum Gasteiger partial charge on any atom is -0.497 e. The standard InChI is InChI=1S/C24H27BrN4O5/c1-24(2)33-20-14(11-30)7-17(21(20)34-24)29-10-16(25)19-22(27-12-28-23(19)29)26-9-13-5-6-15(31-3)8-18(13)32-4/h5-6,8,10-12,14,17,20-21H,7,9H2,1-4H3,(H,26,27,28)/t14-,17-,20-,21+/m1/s1. The van der Waals surface area contributed by atoms with Crippen LogP contribution in [0.4, 0.5) is 5.82 Å². The number of nitrogens with zero attached hydrogens (tertiary/aromatic N) is 3. The van der Waals surface area contributed by atoms with E-state index in [-0.39, 0.29) is 24.2 Å². The Morgan fingerprint density at radius 3 is 2.76 bits per heavy atom. The fourth-order valence-corrected chi connectivity index (χ4v) is 5.59. The molecule has 2 aromatic heterocycles. The maximum absolute atomic E-state index is 11.8. The number of benzene rings is 1. The van der Waals surface area contributed by atoms with Crippen molar-refractivity contribution in [3.8, 4) is 11.5 Å². The van der Waals surface area contributed by atoms with Crippen LogP contribution in [0.1, 0.15) is 31.9 Å². The first kappa shape index (κ1) is 23.1. The lowest BCUT2D eigenvalue weighted by atomic mass is 10.1. The lowest BCUT2D eigenvalue weighted by Crippen LogP contribution is -2.27. The molecule has 4 atom stereocenters. The molecule has 0 radical (unpaired) electrons. The molecule has 9 nitrogen and oxygen atoms in total. The van der Waals surface area contributed by atoms with Gasteiger partial charge in [-0.25, -0.2) is 9.97 Å². The Morgan fingerprint density at radius 2 is 2.03 bits per heavy atom. The molecule has 3 aromatic rings. The van der Waals surface area contributed by atoms with E-state index < -0.39 is 5.79 Å². The molecule has 0 unspecified atom stereocenters. The Kier molecular flexibility index (Phi) is 5.99. The molecule has 1 saturated carbocycles. The van der Waals surface area contributed by atoms with Crippen LogP contribution in [0.2, 0.25) is 0 Å². The molecule has 34 heavy (non-hydrogen) atoms. The highest BCUT2D eigenvalue weighted by Gasteiger charge is 2.54. The minimum absolute atomic E-state index is 0.0831. The summed E-state index contributed by atoms with van der Waals surface area (Å²) in [5, 5.41) is 4.27. The van der Waals surface area contributed by atoms with E-state index in [9.17, 15) is 4.79 Å². The molecule has 10 heteroatoms. The third kappa shape index (κ3) is 3.93. The van der Waals surface area contributed by atoms with Crippen LogP contribution < -0.4 is 14.8 Å². The Hall–Kier alpha value is -2.69. The van der Waals surface area contributed by atoms with Crippen molar-refractivity contribution < 1.29 is 23.7 Å². The van der Waals surface area contributed by atoms with Gasteiger partial charge in [0.1, 0.15) is 41.7 Å². The molecule has 2 fully saturated rings. The van der Waals surface area contributed by atoms with E-state index in [0.29, 0.717) is 18.8 Å². The normalized spacial score (nSPS) is 25.3. The predicted octanol–water partition coefficient (Wildman–Crippen LogP) is 4.10. The van der Waals surface area contributed by atoms with E-state index in [1.54, 1.807) is 20.5 Å². The Bertz CT molecular complexity index is 1230. The van der Waals surface area contributed by atoms with Crippen molar-refractivity contribution in [3.63, 3.8) is 0 Å². The van der Waals surface area contributed by atoms with E-state index in [1.165, 1.54) is 0 Å². The van der Waals surface area contributed by atoms with Crippen molar-refractivity contribution in [1.82, 2.24) is 14.5 Å². The fraction of sp³-hybridized carbons (Fsp3) is 0.458. The number of carbonyl (C=O) groups is 1. The number of ether oxygens (including phenoxy) is 4. The highest BCUT2D eigenvalue weighted by atomic mass is 79.9. The van der Waals surface area contributed by atoms with Gasteiger partial charge in [-0.15, -0.1) is 0 Å². The van der Waals surface area contributed by atoms with Crippen molar-refractivity contribution in [2.24, 2.45) is 5.92 Å². The van der Waals surface area contributed by atoms with Crippen LogP contribution in [0.25, 0.3) is 11.0 Å². The molecule has 5 rings (SSSR count). The van der Waals surface area contributed by atoms with Gasteiger partial charge in [0.2, 0.25) is 0 Å². The lowest BCUT2D eigenvalue weighted by Gasteiger charge is -2.23. The molecule has 1 aliphatic heterocycles. The molecular weight excluding hydrogens is 504 g/mol. The summed E-state index contributed by atoms with van der Waals surface area (Å²) in [7, 11) is 3.26. The summed E-state index contributed by atoms with van der Waals surface area (Å²) in [6.07, 6.45) is 4.63. The maximum atomic E-state index is 11.8. The van der Waals surface area contributed by atoms with Crippen molar-refractivity contribution in [1.29, 1.82) is 0 Å². The van der Waals surface area contributed by atoms with E-state index in [0.717, 1.165) is 38.9 Å². The molecule has 1 saturated heterocycles. The molecule has 1 aliphatic carbocycles. The number of rotatable bonds is 7. The predicted molar refractivity (Wildman–Crippen MR) is 129 cm³/mol. The summed E-state index contributed by atoms with van der Waals surface area (Å²) >= 11 is 3.69. The number of aromatic nitrogens is 3. The van der Waals surface area contributed by atoms with Crippen molar-refractivity contribution in [2.45, 2.75) is 50.8 Å². The molecular formula is C24H27BrN4O5. The summed E-state index contributed by atoms with van der Waals surface area (Å²) in [5.41, 5.74) is 1.73. The number of fused-ring (bicyclic) bond motifs is 2. The van der Waals surface area contributed by atoms with Crippen LogP contribution in [0.3, 0.4) is 0 Å². The van der Waals surface area contributed by atoms with Gasteiger partial charge in [-0.2, -0.15) is 0 Å². The van der Waals surface area contributed by atoms with E-state index in [1.807, 2.05) is 38.2 Å². The Balaban J connectivity index is 1.46. The van der Waals surface area contributed by atoms with Gasteiger partial charge in [-0.1, -0.05) is 0 Å². The average molecular weight is 531 g/mol. The highest BCUT2D eigenvalue weighted by Crippen LogP contribution is 2.48. The first-order chi connectivity index (χ1) is 16.3. The zero-order chi connectivity index (χ0) is 24.0. The van der Waals surface area contributed by atoms with Crippen LogP contribution in [0.15, 0.2) is 35.2 Å². The van der Waals surface area contributed by atoms with Crippen LogP contribution >= 0.6 is 15.9 Å². The van der Waals surface area contributed by atoms with Crippen molar-refractivity contribution >= 4 is 39.1 Å². The Labute approximate surface area is 205 Å². The van der Waals surface area contributed by atoms with Gasteiger partial charge < -0.3 is 33.6 Å². The van der Waals surface area contributed by atoms with Gasteiger partial charge in [-0.3, -0.25) is 0 Å². The molecule has 1 N–H and O–H groups in total. The summed E-state index contributed by atoms with van der Waals surface area (Å²) < 4.78 is 26.0. The van der Waals surface area contributed by atoms with Gasteiger partial charge in [-0.05, 0) is 48.3 Å². The van der Waals surface area contributed by atoms with Crippen LogP contribution in [-0.4, -0.2) is 53.0 Å². The molecule has 1 aromatic carbocycles. The maximum Gasteiger partial charge on any atom is 0.163 e. The second-order valence-electron chi connectivity index (χ2n) is 9.00. The Morgan fingerprint density at radius 1 is 1.24 bits per heavy atom. The topological polar surface area (TPSA) is 96.7 Å². The van der Waals surface area contributed by atoms with Gasteiger partial charge in [0.25, 0.3) is 0 Å². The van der Waals surface area contributed by atoms with Crippen LogP contribution in [0, 0.1) is 5.92 Å². The van der Waals surface area contributed by atoms with Crippen molar-refractivity contribution in [3.05, 3.63) is 40.8 Å². The monoisotopic (exact) mass is 530 g/mol. The van der Waals surface area contributed by atoms with Crippen molar-refractivity contribution in [2.75, 3.05) is 19.5 Å². The number of aldehydes is 1. The second-order valence-corrected chi connectivity index (χ2v) is 9.86. The average Bonchev–Trinajstić information content (AvgIpc) is 3.45. The lowest BCUT2D eigenvalue weighted by molar-refractivity contribution is -0.160. The van der Waals surface area contributed by atoms with Gasteiger partial charge in [0.15, 0.2) is 5.79 Å². The smallest absolute Gasteiger partial charge is 0.163 e. The quantitative estimate of drug-likeness (QED) is 0.456. The fourth-order valence-electron chi connectivity index (χ4n) is 5.00. The van der Waals surface area contributed by atoms with Gasteiger partial charge >= 0.3 is 0 Å². The third-order valence-corrected chi connectivity index (χ3v) is 7.12. The third-order valence-electron chi connectivity index (χ3n) is 6.51. The van der Waals surface area contributed by atoms with Gasteiger partial charge in [0, 0.05) is 34.8 Å². The number of carbonyl (C=O) groups excluding carboxylic acids is 1. The number of hydrogen-bond acceptors (Lipinski definition) is 8. The molecule has 2 aliphatic rings. The van der Waals surface area contributed by atoms with E-state index >= 15 is 0 Å². The molecule has 0 spiro atoms. The zero-order valence-corrected chi connectivity index (χ0v) is 21.0. The largest absolute Gasteiger partial charge is 0.497 e. The number of anilines is 1. The first-order valence-electron chi connectivity index (χ1n) is 11.1. The first-order valence-corrected chi connectivity index (χ1v) is 11.9. The molecule has 0 amide bonds. The summed E-state index contributed by atoms with van der Waals surface area (Å²) in [5.74, 6) is 1.20. The number of nitrogens with one attached hydrogen (secondary N) is 1. The summed E-state index contributed by atoms with van der Waals surface area (Å²) in [6, 6.07) is 5.62. The summed E-state index contributed by atoms with van der Waals surface area (Å²) in [6.45, 7) is 4.26. The van der Waals surface area contributed by atoms with Gasteiger partial charge in [0.05, 0.1) is 31.8 Å². The number of methoxy groups -OCH3 is 2. The molecule has 0 bridgehead atoms. The number of halogens is 1.